The highest BCUT2D eigenvalue weighted by Crippen LogP contribution is 2.36. The number of hydrogen-bond donors (Lipinski definition) is 1. The van der Waals surface area contributed by atoms with Gasteiger partial charge in [-0.15, -0.1) is 0 Å². The quantitative estimate of drug-likeness (QED) is 0.879. The Kier molecular flexibility index (Phi) is 3.21. The lowest BCUT2D eigenvalue weighted by atomic mass is 9.93. The van der Waals surface area contributed by atoms with E-state index in [2.05, 4.69) is 5.32 Å². The van der Waals surface area contributed by atoms with E-state index < -0.39 is 0 Å². The van der Waals surface area contributed by atoms with Crippen LogP contribution in [0.15, 0.2) is 42.5 Å². The third-order valence-corrected chi connectivity index (χ3v) is 3.94. The first-order valence-electron chi connectivity index (χ1n) is 5.99. The number of carbonyl (C=O) groups is 1. The van der Waals surface area contributed by atoms with Gasteiger partial charge in [0.15, 0.2) is 0 Å². The zero-order chi connectivity index (χ0) is 13.4. The van der Waals surface area contributed by atoms with E-state index in [1.54, 1.807) is 12.1 Å². The molecule has 1 aliphatic heterocycles. The average molecular weight is 292 g/mol. The minimum atomic E-state index is -0.185. The van der Waals surface area contributed by atoms with Gasteiger partial charge in [0.05, 0.1) is 5.92 Å². The maximum Gasteiger partial charge on any atom is 0.232 e. The van der Waals surface area contributed by atoms with Crippen molar-refractivity contribution in [2.75, 3.05) is 5.32 Å². The average Bonchev–Trinajstić information content (AvgIpc) is 2.69. The van der Waals surface area contributed by atoms with Crippen LogP contribution in [0.25, 0.3) is 0 Å². The SMILES string of the molecule is O=C1Nc2ccccc2C1Cc1ccc(Cl)cc1Cl. The van der Waals surface area contributed by atoms with E-state index in [-0.39, 0.29) is 11.8 Å². The van der Waals surface area contributed by atoms with Gasteiger partial charge in [0.2, 0.25) is 5.91 Å². The molecule has 0 aromatic heterocycles. The Labute approximate surface area is 121 Å². The molecule has 1 unspecified atom stereocenters. The number of carbonyl (C=O) groups excluding carboxylic acids is 1. The molecule has 0 spiro atoms. The Bertz CT molecular complexity index is 654. The molecule has 0 saturated carbocycles. The van der Waals surface area contributed by atoms with Crippen molar-refractivity contribution in [2.24, 2.45) is 0 Å². The van der Waals surface area contributed by atoms with Gasteiger partial charge >= 0.3 is 0 Å². The second kappa shape index (κ2) is 4.87. The van der Waals surface area contributed by atoms with Gasteiger partial charge in [-0.1, -0.05) is 47.5 Å². The van der Waals surface area contributed by atoms with Crippen molar-refractivity contribution in [1.82, 2.24) is 0 Å². The van der Waals surface area contributed by atoms with E-state index in [1.165, 1.54) is 0 Å². The van der Waals surface area contributed by atoms with Crippen LogP contribution in [0.1, 0.15) is 17.0 Å². The minimum absolute atomic E-state index is 0.0206. The first-order valence-corrected chi connectivity index (χ1v) is 6.74. The number of hydrogen-bond acceptors (Lipinski definition) is 1. The van der Waals surface area contributed by atoms with Crippen LogP contribution in [0.2, 0.25) is 10.0 Å². The highest BCUT2D eigenvalue weighted by Gasteiger charge is 2.30. The summed E-state index contributed by atoms with van der Waals surface area (Å²) in [7, 11) is 0. The largest absolute Gasteiger partial charge is 0.325 e. The molecule has 0 saturated heterocycles. The number of fused-ring (bicyclic) bond motifs is 1. The van der Waals surface area contributed by atoms with Crippen LogP contribution < -0.4 is 5.32 Å². The fourth-order valence-corrected chi connectivity index (χ4v) is 2.87. The third kappa shape index (κ3) is 2.34. The Morgan fingerprint density at radius 3 is 2.68 bits per heavy atom. The standard InChI is InChI=1S/C15H11Cl2NO/c16-10-6-5-9(13(17)8-10)7-12-11-3-1-2-4-14(11)18-15(12)19/h1-6,8,12H,7H2,(H,18,19). The number of benzene rings is 2. The fraction of sp³-hybridized carbons (Fsp3) is 0.133. The van der Waals surface area contributed by atoms with Crippen molar-refractivity contribution in [1.29, 1.82) is 0 Å². The fourth-order valence-electron chi connectivity index (χ4n) is 2.39. The lowest BCUT2D eigenvalue weighted by Gasteiger charge is -2.10. The molecule has 1 heterocycles. The van der Waals surface area contributed by atoms with Crippen molar-refractivity contribution in [3.63, 3.8) is 0 Å². The van der Waals surface area contributed by atoms with Gasteiger partial charge in [-0.25, -0.2) is 0 Å². The van der Waals surface area contributed by atoms with Crippen molar-refractivity contribution >= 4 is 34.8 Å². The Morgan fingerprint density at radius 1 is 1.11 bits per heavy atom. The maximum absolute atomic E-state index is 12.0. The maximum atomic E-state index is 12.0. The van der Waals surface area contributed by atoms with Gasteiger partial charge in [0.25, 0.3) is 0 Å². The zero-order valence-electron chi connectivity index (χ0n) is 9.99. The molecule has 1 N–H and O–H groups in total. The monoisotopic (exact) mass is 291 g/mol. The molecule has 0 radical (unpaired) electrons. The van der Waals surface area contributed by atoms with E-state index >= 15 is 0 Å². The number of rotatable bonds is 2. The zero-order valence-corrected chi connectivity index (χ0v) is 11.5. The van der Waals surface area contributed by atoms with Gasteiger partial charge < -0.3 is 5.32 Å². The topological polar surface area (TPSA) is 29.1 Å². The second-order valence-corrected chi connectivity index (χ2v) is 5.41. The number of para-hydroxylation sites is 1. The predicted molar refractivity (Wildman–Crippen MR) is 78.0 cm³/mol. The first kappa shape index (κ1) is 12.5. The highest BCUT2D eigenvalue weighted by molar-refractivity contribution is 6.35. The van der Waals surface area contributed by atoms with Crippen molar-refractivity contribution < 1.29 is 4.79 Å². The molecule has 0 fully saturated rings. The highest BCUT2D eigenvalue weighted by atomic mass is 35.5. The Morgan fingerprint density at radius 2 is 1.89 bits per heavy atom. The lowest BCUT2D eigenvalue weighted by Crippen LogP contribution is -2.14. The molecule has 1 amide bonds. The summed E-state index contributed by atoms with van der Waals surface area (Å²) in [5.74, 6) is -0.165. The molecule has 19 heavy (non-hydrogen) atoms. The molecule has 2 aromatic rings. The predicted octanol–water partition coefficient (Wildman–Crippen LogP) is 4.27. The molecule has 3 rings (SSSR count). The summed E-state index contributed by atoms with van der Waals surface area (Å²) >= 11 is 12.0. The molecule has 2 aromatic carbocycles. The van der Waals surface area contributed by atoms with E-state index in [1.807, 2.05) is 30.3 Å². The van der Waals surface area contributed by atoms with Gasteiger partial charge in [0.1, 0.15) is 0 Å². The van der Waals surface area contributed by atoms with Crippen LogP contribution >= 0.6 is 23.2 Å². The van der Waals surface area contributed by atoms with Crippen LogP contribution in [-0.4, -0.2) is 5.91 Å². The summed E-state index contributed by atoms with van der Waals surface area (Å²) in [6.07, 6.45) is 0.582. The van der Waals surface area contributed by atoms with Crippen LogP contribution in [0.3, 0.4) is 0 Å². The summed E-state index contributed by atoms with van der Waals surface area (Å²) < 4.78 is 0. The van der Waals surface area contributed by atoms with Crippen molar-refractivity contribution in [2.45, 2.75) is 12.3 Å². The number of halogens is 2. The van der Waals surface area contributed by atoms with Crippen LogP contribution in [0, 0.1) is 0 Å². The molecule has 2 nitrogen and oxygen atoms in total. The van der Waals surface area contributed by atoms with Gasteiger partial charge in [-0.2, -0.15) is 0 Å². The molecular weight excluding hydrogens is 281 g/mol. The van der Waals surface area contributed by atoms with Crippen LogP contribution in [0.4, 0.5) is 5.69 Å². The van der Waals surface area contributed by atoms with E-state index in [4.69, 9.17) is 23.2 Å². The summed E-state index contributed by atoms with van der Waals surface area (Å²) in [4.78, 5) is 12.0. The molecular formula is C15H11Cl2NO. The molecule has 1 atom stereocenters. The van der Waals surface area contributed by atoms with Crippen molar-refractivity contribution in [3.8, 4) is 0 Å². The van der Waals surface area contributed by atoms with E-state index in [0.29, 0.717) is 16.5 Å². The molecule has 0 aliphatic carbocycles. The van der Waals surface area contributed by atoms with Crippen LogP contribution in [-0.2, 0) is 11.2 Å². The number of nitrogens with one attached hydrogen (secondary N) is 1. The minimum Gasteiger partial charge on any atom is -0.325 e. The molecule has 96 valence electrons. The molecule has 0 bridgehead atoms. The molecule has 4 heteroatoms. The van der Waals surface area contributed by atoms with Gasteiger partial charge in [-0.05, 0) is 35.7 Å². The summed E-state index contributed by atoms with van der Waals surface area (Å²) in [5, 5.41) is 4.09. The summed E-state index contributed by atoms with van der Waals surface area (Å²) in [6, 6.07) is 13.1. The Balaban J connectivity index is 1.93. The summed E-state index contributed by atoms with van der Waals surface area (Å²) in [5.41, 5.74) is 2.85. The van der Waals surface area contributed by atoms with Gasteiger partial charge in [0, 0.05) is 15.7 Å². The van der Waals surface area contributed by atoms with E-state index in [0.717, 1.165) is 16.8 Å². The van der Waals surface area contributed by atoms with E-state index in [9.17, 15) is 4.79 Å². The second-order valence-electron chi connectivity index (χ2n) is 4.57. The third-order valence-electron chi connectivity index (χ3n) is 3.35. The normalized spacial score (nSPS) is 17.2. The number of amides is 1. The smallest absolute Gasteiger partial charge is 0.232 e. The number of anilines is 1. The lowest BCUT2D eigenvalue weighted by molar-refractivity contribution is -0.117. The molecule has 1 aliphatic rings. The van der Waals surface area contributed by atoms with Gasteiger partial charge in [-0.3, -0.25) is 4.79 Å². The summed E-state index contributed by atoms with van der Waals surface area (Å²) in [6.45, 7) is 0. The van der Waals surface area contributed by atoms with Crippen molar-refractivity contribution in [3.05, 3.63) is 63.6 Å². The van der Waals surface area contributed by atoms with Crippen LogP contribution in [0.5, 0.6) is 0 Å². The Hall–Kier alpha value is -1.51. The first-order chi connectivity index (χ1) is 9.15.